The van der Waals surface area contributed by atoms with Gasteiger partial charge in [0.2, 0.25) is 0 Å². The van der Waals surface area contributed by atoms with Crippen molar-refractivity contribution in [1.82, 2.24) is 9.97 Å². The van der Waals surface area contributed by atoms with Gasteiger partial charge < -0.3 is 21.6 Å². The highest BCUT2D eigenvalue weighted by atomic mass is 35.5. The number of nitrogens with zero attached hydrogens (tertiary/aromatic N) is 3. The van der Waals surface area contributed by atoms with Crippen LogP contribution in [0.5, 0.6) is 5.75 Å². The molecule has 32 heavy (non-hydrogen) atoms. The summed E-state index contributed by atoms with van der Waals surface area (Å²) < 4.78 is 7.15. The number of ether oxygens (including phenoxy) is 1. The molecule has 2 aromatic rings. The monoisotopic (exact) mass is 461 g/mol. The van der Waals surface area contributed by atoms with Crippen LogP contribution in [-0.2, 0) is 6.42 Å². The lowest BCUT2D eigenvalue weighted by Crippen LogP contribution is -3.00. The van der Waals surface area contributed by atoms with Crippen molar-refractivity contribution in [2.45, 2.75) is 79.1 Å². The molecule has 4 nitrogen and oxygen atoms in total. The molecule has 1 aromatic carbocycles. The largest absolute Gasteiger partial charge is 1.00 e. The molecule has 0 radical (unpaired) electrons. The van der Waals surface area contributed by atoms with Gasteiger partial charge in [-0.1, -0.05) is 39.0 Å². The van der Waals surface area contributed by atoms with Gasteiger partial charge in [0.1, 0.15) is 5.75 Å². The molecular formula is C27H44ClN3O. The number of halogens is 1. The van der Waals surface area contributed by atoms with Gasteiger partial charge in [-0.2, -0.15) is 0 Å². The quantitative estimate of drug-likeness (QED) is 0.282. The minimum Gasteiger partial charge on any atom is -1.00 e. The molecule has 0 bridgehead atoms. The summed E-state index contributed by atoms with van der Waals surface area (Å²) in [5.41, 5.74) is 2.28. The maximum Gasteiger partial charge on any atom is 0.159 e. The van der Waals surface area contributed by atoms with Gasteiger partial charge in [-0.05, 0) is 63.4 Å². The highest BCUT2D eigenvalue weighted by molar-refractivity contribution is 5.55. The normalized spacial score (nSPS) is 11.2. The second-order valence-corrected chi connectivity index (χ2v) is 8.67. The van der Waals surface area contributed by atoms with Gasteiger partial charge in [0.25, 0.3) is 0 Å². The van der Waals surface area contributed by atoms with Crippen LogP contribution in [0.1, 0.15) is 78.2 Å². The summed E-state index contributed by atoms with van der Waals surface area (Å²) in [5.74, 6) is 1.71. The van der Waals surface area contributed by atoms with Crippen LogP contribution in [-0.4, -0.2) is 47.2 Å². The molecule has 2 rings (SSSR count). The van der Waals surface area contributed by atoms with Crippen molar-refractivity contribution in [2.75, 3.05) is 32.8 Å². The first-order valence-corrected chi connectivity index (χ1v) is 12.6. The van der Waals surface area contributed by atoms with E-state index in [2.05, 4.69) is 49.8 Å². The first-order chi connectivity index (χ1) is 15.2. The van der Waals surface area contributed by atoms with Gasteiger partial charge in [0, 0.05) is 24.4 Å². The maximum absolute atomic E-state index is 5.97. The lowest BCUT2D eigenvalue weighted by Gasteiger charge is -2.35. The van der Waals surface area contributed by atoms with E-state index in [1.807, 2.05) is 24.5 Å². The van der Waals surface area contributed by atoms with Crippen LogP contribution in [0.3, 0.4) is 0 Å². The molecule has 0 saturated carbocycles. The fourth-order valence-electron chi connectivity index (χ4n) is 4.18. The van der Waals surface area contributed by atoms with E-state index in [0.717, 1.165) is 36.6 Å². The minimum absolute atomic E-state index is 0. The summed E-state index contributed by atoms with van der Waals surface area (Å²) in [6.07, 6.45) is 14.0. The average molecular weight is 462 g/mol. The third kappa shape index (κ3) is 9.46. The molecule has 5 heteroatoms. The van der Waals surface area contributed by atoms with E-state index in [1.165, 1.54) is 74.8 Å². The molecule has 0 saturated heterocycles. The summed E-state index contributed by atoms with van der Waals surface area (Å²) in [6, 6.07) is 8.18. The van der Waals surface area contributed by atoms with E-state index in [0.29, 0.717) is 0 Å². The summed E-state index contributed by atoms with van der Waals surface area (Å²) in [6.45, 7) is 14.7. The molecule has 0 aliphatic rings. The summed E-state index contributed by atoms with van der Waals surface area (Å²) in [4.78, 5) is 9.17. The zero-order valence-electron chi connectivity index (χ0n) is 20.8. The number of hydrogen-bond donors (Lipinski definition) is 0. The third-order valence-corrected chi connectivity index (χ3v) is 6.69. The molecule has 0 amide bonds. The van der Waals surface area contributed by atoms with Crippen molar-refractivity contribution >= 4 is 0 Å². The average Bonchev–Trinajstić information content (AvgIpc) is 2.83. The first-order valence-electron chi connectivity index (χ1n) is 12.6. The molecule has 0 aliphatic carbocycles. The van der Waals surface area contributed by atoms with E-state index >= 15 is 0 Å². The molecule has 0 fully saturated rings. The summed E-state index contributed by atoms with van der Waals surface area (Å²) in [7, 11) is 0. The number of unbranched alkanes of at least 4 members (excludes halogenated alkanes) is 5. The molecule has 0 aliphatic heterocycles. The zero-order valence-corrected chi connectivity index (χ0v) is 21.5. The Bertz CT molecular complexity index is 706. The first kappa shape index (κ1) is 28.4. The number of quaternary nitrogens is 1. The fourth-order valence-corrected chi connectivity index (χ4v) is 4.18. The van der Waals surface area contributed by atoms with Crippen LogP contribution in [0.25, 0.3) is 11.4 Å². The van der Waals surface area contributed by atoms with Crippen LogP contribution < -0.4 is 17.1 Å². The van der Waals surface area contributed by atoms with Crippen molar-refractivity contribution in [2.24, 2.45) is 0 Å². The van der Waals surface area contributed by atoms with Gasteiger partial charge in [0.15, 0.2) is 5.82 Å². The molecule has 0 spiro atoms. The second kappa shape index (κ2) is 16.0. The number of aromatic nitrogens is 2. The van der Waals surface area contributed by atoms with Crippen LogP contribution in [0.2, 0.25) is 0 Å². The molecule has 0 N–H and O–H groups in total. The smallest absolute Gasteiger partial charge is 0.159 e. The third-order valence-electron chi connectivity index (χ3n) is 6.69. The van der Waals surface area contributed by atoms with E-state index in [1.54, 1.807) is 0 Å². The van der Waals surface area contributed by atoms with Crippen molar-refractivity contribution in [3.8, 4) is 17.1 Å². The zero-order chi connectivity index (χ0) is 22.4. The van der Waals surface area contributed by atoms with Gasteiger partial charge in [-0.15, -0.1) is 0 Å². The Labute approximate surface area is 202 Å². The molecule has 1 aromatic heterocycles. The number of benzene rings is 1. The number of hydrogen-bond acceptors (Lipinski definition) is 3. The van der Waals surface area contributed by atoms with Crippen molar-refractivity contribution in [3.05, 3.63) is 42.2 Å². The Morgan fingerprint density at radius 1 is 0.750 bits per heavy atom. The second-order valence-electron chi connectivity index (χ2n) is 8.67. The maximum atomic E-state index is 5.97. The predicted molar refractivity (Wildman–Crippen MR) is 131 cm³/mol. The summed E-state index contributed by atoms with van der Waals surface area (Å²) in [5, 5.41) is 0. The van der Waals surface area contributed by atoms with Gasteiger partial charge in [0.05, 0.1) is 32.8 Å². The van der Waals surface area contributed by atoms with Crippen molar-refractivity contribution in [3.63, 3.8) is 0 Å². The SMILES string of the molecule is CCCCCCCCc1cnc(-c2ccc(OCCC[N+](CC)(CC)CC)cc2)nc1.[Cl-]. The predicted octanol–water partition coefficient (Wildman–Crippen LogP) is 3.70. The fraction of sp³-hybridized carbons (Fsp3) is 0.630. The molecular weight excluding hydrogens is 418 g/mol. The molecule has 0 atom stereocenters. The molecule has 1 heterocycles. The lowest BCUT2D eigenvalue weighted by atomic mass is 10.1. The summed E-state index contributed by atoms with van der Waals surface area (Å²) >= 11 is 0. The topological polar surface area (TPSA) is 35.0 Å². The van der Waals surface area contributed by atoms with Crippen LogP contribution in [0.15, 0.2) is 36.7 Å². The van der Waals surface area contributed by atoms with Crippen LogP contribution in [0, 0.1) is 0 Å². The standard InChI is InChI=1S/C27H44N3O.ClH/c1-5-9-10-11-12-13-15-24-22-28-27(29-23-24)25-16-18-26(19-17-25)31-21-14-20-30(6-2,7-3)8-4;/h16-19,22-23H,5-15,20-21H2,1-4H3;1H/q+1;/p-1. The highest BCUT2D eigenvalue weighted by Crippen LogP contribution is 2.20. The van der Waals surface area contributed by atoms with E-state index < -0.39 is 0 Å². The number of aryl methyl sites for hydroxylation is 1. The Morgan fingerprint density at radius 3 is 1.94 bits per heavy atom. The van der Waals surface area contributed by atoms with Gasteiger partial charge >= 0.3 is 0 Å². The van der Waals surface area contributed by atoms with E-state index in [9.17, 15) is 0 Å². The van der Waals surface area contributed by atoms with Gasteiger partial charge in [-0.25, -0.2) is 9.97 Å². The molecule has 0 unspecified atom stereocenters. The van der Waals surface area contributed by atoms with Crippen molar-refractivity contribution in [1.29, 1.82) is 0 Å². The van der Waals surface area contributed by atoms with Crippen LogP contribution in [0.4, 0.5) is 0 Å². The van der Waals surface area contributed by atoms with Crippen LogP contribution >= 0.6 is 0 Å². The Morgan fingerprint density at radius 2 is 1.34 bits per heavy atom. The Hall–Kier alpha value is -1.65. The van der Waals surface area contributed by atoms with E-state index in [4.69, 9.17) is 4.74 Å². The Kier molecular flexibility index (Phi) is 14.2. The minimum atomic E-state index is 0. The van der Waals surface area contributed by atoms with Crippen molar-refractivity contribution < 1.29 is 21.6 Å². The van der Waals surface area contributed by atoms with Gasteiger partial charge in [-0.3, -0.25) is 0 Å². The number of rotatable bonds is 16. The lowest BCUT2D eigenvalue weighted by molar-refractivity contribution is -0.923. The van der Waals surface area contributed by atoms with E-state index in [-0.39, 0.29) is 12.4 Å². The Balaban J connectivity index is 0.00000512. The molecule has 180 valence electrons. The highest BCUT2D eigenvalue weighted by Gasteiger charge is 2.19.